The second kappa shape index (κ2) is 6.31. The van der Waals surface area contributed by atoms with Crippen molar-refractivity contribution in [2.75, 3.05) is 27.2 Å². The summed E-state index contributed by atoms with van der Waals surface area (Å²) >= 11 is 0. The molecule has 1 aromatic heterocycles. The molecular weight excluding hydrogens is 268 g/mol. The molecule has 0 fully saturated rings. The van der Waals surface area contributed by atoms with Crippen molar-refractivity contribution >= 4 is 16.3 Å². The van der Waals surface area contributed by atoms with Gasteiger partial charge in [0.1, 0.15) is 0 Å². The fourth-order valence-electron chi connectivity index (χ4n) is 1.99. The lowest BCUT2D eigenvalue weighted by atomic mass is 10.3. The van der Waals surface area contributed by atoms with E-state index in [1.54, 1.807) is 6.92 Å². The van der Waals surface area contributed by atoms with Crippen LogP contribution in [0.3, 0.4) is 0 Å². The zero-order chi connectivity index (χ0) is 14.6. The number of likely N-dealkylation sites (N-methyl/N-ethyl adjacent to an activating group) is 2. The lowest BCUT2D eigenvalue weighted by Crippen LogP contribution is -2.43. The number of hydrogen-bond acceptors (Lipinski definition) is 5. The Kier molecular flexibility index (Phi) is 5.28. The van der Waals surface area contributed by atoms with Crippen LogP contribution in [0.1, 0.15) is 24.4 Å². The molecule has 0 aliphatic heterocycles. The van der Waals surface area contributed by atoms with Crippen LogP contribution in [0.5, 0.6) is 0 Å². The van der Waals surface area contributed by atoms with Gasteiger partial charge in [-0.2, -0.15) is 4.31 Å². The van der Waals surface area contributed by atoms with Crippen molar-refractivity contribution < 1.29 is 17.6 Å². The van der Waals surface area contributed by atoms with Gasteiger partial charge in [0.2, 0.25) is 5.09 Å². The number of sulfonamides is 1. The zero-order valence-corrected chi connectivity index (χ0v) is 12.5. The molecule has 0 aliphatic rings. The summed E-state index contributed by atoms with van der Waals surface area (Å²) in [6.45, 7) is 4.56. The van der Waals surface area contributed by atoms with Gasteiger partial charge < -0.3 is 9.32 Å². The van der Waals surface area contributed by atoms with Crippen LogP contribution >= 0.6 is 0 Å². The fraction of sp³-hybridized carbons (Fsp3) is 0.583. The summed E-state index contributed by atoms with van der Waals surface area (Å²) in [6.07, 6.45) is 0.485. The van der Waals surface area contributed by atoms with E-state index in [9.17, 15) is 13.2 Å². The van der Waals surface area contributed by atoms with Crippen LogP contribution in [0.25, 0.3) is 0 Å². The van der Waals surface area contributed by atoms with Gasteiger partial charge in [-0.25, -0.2) is 8.42 Å². The molecule has 0 saturated carbocycles. The highest BCUT2D eigenvalue weighted by Gasteiger charge is 2.30. The fourth-order valence-corrected chi connectivity index (χ4v) is 3.54. The summed E-state index contributed by atoms with van der Waals surface area (Å²) in [7, 11) is 0.0624. The summed E-state index contributed by atoms with van der Waals surface area (Å²) in [6, 6.07) is 2.48. The topological polar surface area (TPSA) is 70.8 Å². The maximum atomic E-state index is 12.4. The van der Waals surface area contributed by atoms with Crippen LogP contribution in [0.15, 0.2) is 21.6 Å². The summed E-state index contributed by atoms with van der Waals surface area (Å²) < 4.78 is 31.2. The molecule has 0 N–H and O–H groups in total. The van der Waals surface area contributed by atoms with Crippen LogP contribution in [0, 0.1) is 0 Å². The maximum absolute atomic E-state index is 12.4. The first-order valence-electron chi connectivity index (χ1n) is 6.04. The minimum Gasteiger partial charge on any atom is -0.440 e. The number of furan rings is 1. The molecule has 0 amide bonds. The first-order chi connectivity index (χ1) is 8.82. The Morgan fingerprint density at radius 2 is 2.00 bits per heavy atom. The van der Waals surface area contributed by atoms with E-state index >= 15 is 0 Å². The lowest BCUT2D eigenvalue weighted by molar-refractivity contribution is 0.109. The van der Waals surface area contributed by atoms with Crippen molar-refractivity contribution in [3.63, 3.8) is 0 Å². The van der Waals surface area contributed by atoms with E-state index in [2.05, 4.69) is 0 Å². The van der Waals surface area contributed by atoms with Crippen molar-refractivity contribution in [1.29, 1.82) is 0 Å². The van der Waals surface area contributed by atoms with Gasteiger partial charge in [0, 0.05) is 19.1 Å². The van der Waals surface area contributed by atoms with E-state index in [1.165, 1.54) is 16.4 Å². The third-order valence-corrected chi connectivity index (χ3v) is 4.68. The van der Waals surface area contributed by atoms with Crippen LogP contribution in [0.4, 0.5) is 0 Å². The molecule has 0 saturated heterocycles. The minimum atomic E-state index is -3.70. The minimum absolute atomic E-state index is 0.00916. The van der Waals surface area contributed by atoms with Gasteiger partial charge in [-0.15, -0.1) is 0 Å². The summed E-state index contributed by atoms with van der Waals surface area (Å²) in [5, 5.41) is -0.193. The molecule has 0 spiro atoms. The van der Waals surface area contributed by atoms with Gasteiger partial charge in [0.25, 0.3) is 10.0 Å². The predicted molar refractivity (Wildman–Crippen MR) is 71.7 cm³/mol. The number of hydrogen-bond donors (Lipinski definition) is 0. The lowest BCUT2D eigenvalue weighted by Gasteiger charge is -2.28. The highest BCUT2D eigenvalue weighted by Crippen LogP contribution is 2.20. The average molecular weight is 288 g/mol. The van der Waals surface area contributed by atoms with Gasteiger partial charge in [-0.05, 0) is 33.2 Å². The molecule has 1 atom stereocenters. The molecule has 19 heavy (non-hydrogen) atoms. The summed E-state index contributed by atoms with van der Waals surface area (Å²) in [5.74, 6) is 0.00916. The first kappa shape index (κ1) is 15.9. The Balaban J connectivity index is 3.04. The molecule has 0 aromatic carbocycles. The van der Waals surface area contributed by atoms with E-state index in [1.807, 2.05) is 25.9 Å². The number of aldehydes is 1. The molecule has 1 unspecified atom stereocenters. The van der Waals surface area contributed by atoms with Crippen molar-refractivity contribution in [2.24, 2.45) is 0 Å². The Morgan fingerprint density at radius 1 is 1.37 bits per heavy atom. The molecule has 0 aliphatic carbocycles. The zero-order valence-electron chi connectivity index (χ0n) is 11.7. The molecule has 6 nitrogen and oxygen atoms in total. The normalized spacial score (nSPS) is 14.0. The van der Waals surface area contributed by atoms with Gasteiger partial charge in [0.05, 0.1) is 0 Å². The Morgan fingerprint density at radius 3 is 2.42 bits per heavy atom. The summed E-state index contributed by atoms with van der Waals surface area (Å²) in [5.41, 5.74) is 0. The molecular formula is C12H20N2O4S. The number of nitrogens with zero attached hydrogens (tertiary/aromatic N) is 2. The predicted octanol–water partition coefficient (Wildman–Crippen LogP) is 1.05. The van der Waals surface area contributed by atoms with Crippen LogP contribution < -0.4 is 0 Å². The Bertz CT molecular complexity index is 522. The molecule has 1 heterocycles. The van der Waals surface area contributed by atoms with E-state index < -0.39 is 10.0 Å². The maximum Gasteiger partial charge on any atom is 0.276 e. The van der Waals surface area contributed by atoms with Gasteiger partial charge >= 0.3 is 0 Å². The highest BCUT2D eigenvalue weighted by molar-refractivity contribution is 7.89. The van der Waals surface area contributed by atoms with Crippen molar-refractivity contribution in [3.8, 4) is 0 Å². The number of rotatable bonds is 7. The van der Waals surface area contributed by atoms with Gasteiger partial charge in [-0.3, -0.25) is 4.79 Å². The molecule has 0 radical (unpaired) electrons. The van der Waals surface area contributed by atoms with Crippen LogP contribution in [0.2, 0.25) is 0 Å². The number of carbonyl (C=O) groups is 1. The first-order valence-corrected chi connectivity index (χ1v) is 7.48. The SMILES string of the molecule is CCN(C(C)CN(C)C)S(=O)(=O)c1ccc(C=O)o1. The monoisotopic (exact) mass is 288 g/mol. The third-order valence-electron chi connectivity index (χ3n) is 2.71. The second-order valence-corrected chi connectivity index (χ2v) is 6.42. The van der Waals surface area contributed by atoms with E-state index in [0.717, 1.165) is 0 Å². The van der Waals surface area contributed by atoms with Crippen LogP contribution in [-0.2, 0) is 10.0 Å². The Labute approximate surface area is 114 Å². The average Bonchev–Trinajstić information content (AvgIpc) is 2.77. The molecule has 7 heteroatoms. The third kappa shape index (κ3) is 3.65. The number of carbonyl (C=O) groups excluding carboxylic acids is 1. The quantitative estimate of drug-likeness (QED) is 0.701. The van der Waals surface area contributed by atoms with Crippen molar-refractivity contribution in [3.05, 3.63) is 17.9 Å². The van der Waals surface area contributed by atoms with E-state index in [4.69, 9.17) is 4.42 Å². The van der Waals surface area contributed by atoms with E-state index in [-0.39, 0.29) is 16.9 Å². The van der Waals surface area contributed by atoms with Crippen molar-refractivity contribution in [2.45, 2.75) is 25.0 Å². The Hall–Kier alpha value is -1.18. The smallest absolute Gasteiger partial charge is 0.276 e. The van der Waals surface area contributed by atoms with Gasteiger partial charge in [0.15, 0.2) is 12.0 Å². The molecule has 108 valence electrons. The standard InChI is InChI=1S/C12H20N2O4S/c1-5-14(10(2)8-13(3)4)19(16,17)12-7-6-11(9-15)18-12/h6-7,9-10H,5,8H2,1-4H3. The highest BCUT2D eigenvalue weighted by atomic mass is 32.2. The largest absolute Gasteiger partial charge is 0.440 e. The van der Waals surface area contributed by atoms with Crippen LogP contribution in [-0.4, -0.2) is 57.1 Å². The summed E-state index contributed by atoms with van der Waals surface area (Å²) in [4.78, 5) is 12.5. The van der Waals surface area contributed by atoms with Crippen molar-refractivity contribution in [1.82, 2.24) is 9.21 Å². The van der Waals surface area contributed by atoms with E-state index in [0.29, 0.717) is 19.4 Å². The van der Waals surface area contributed by atoms with Gasteiger partial charge in [-0.1, -0.05) is 6.92 Å². The molecule has 1 aromatic rings. The molecule has 0 bridgehead atoms. The second-order valence-electron chi connectivity index (χ2n) is 4.59. The molecule has 1 rings (SSSR count).